The lowest BCUT2D eigenvalue weighted by Gasteiger charge is -2.37. The molecule has 5 nitrogen and oxygen atoms in total. The van der Waals surface area contributed by atoms with Crippen molar-refractivity contribution < 1.29 is 14.0 Å². The topological polar surface area (TPSA) is 52.7 Å². The number of rotatable bonds is 3. The number of ketones is 1. The van der Waals surface area contributed by atoms with Crippen molar-refractivity contribution in [2.75, 3.05) is 31.1 Å². The van der Waals surface area contributed by atoms with E-state index in [2.05, 4.69) is 5.32 Å². The third kappa shape index (κ3) is 3.72. The molecular weight excluding hydrogens is 345 g/mol. The molecule has 3 aliphatic rings. The Balaban J connectivity index is 1.35. The molecule has 0 spiro atoms. The average molecular weight is 373 g/mol. The molecule has 0 bridgehead atoms. The predicted octanol–water partition coefficient (Wildman–Crippen LogP) is 2.60. The Kier molecular flexibility index (Phi) is 5.17. The Bertz CT molecular complexity index is 716. The van der Waals surface area contributed by atoms with E-state index in [0.717, 1.165) is 6.42 Å². The lowest BCUT2D eigenvalue weighted by atomic mass is 9.85. The zero-order valence-electron chi connectivity index (χ0n) is 15.9. The molecule has 2 saturated heterocycles. The van der Waals surface area contributed by atoms with Crippen LogP contribution in [0.2, 0.25) is 0 Å². The first-order valence-corrected chi connectivity index (χ1v) is 10.1. The third-order valence-corrected chi connectivity index (χ3v) is 6.45. The zero-order valence-corrected chi connectivity index (χ0v) is 15.9. The van der Waals surface area contributed by atoms with Gasteiger partial charge in [0.1, 0.15) is 5.82 Å². The van der Waals surface area contributed by atoms with Crippen molar-refractivity contribution in [3.8, 4) is 0 Å². The average Bonchev–Trinajstić information content (AvgIpc) is 3.11. The van der Waals surface area contributed by atoms with Gasteiger partial charge in [0.15, 0.2) is 5.78 Å². The Morgan fingerprint density at radius 1 is 1.11 bits per heavy atom. The van der Waals surface area contributed by atoms with Crippen molar-refractivity contribution in [2.45, 2.75) is 51.1 Å². The van der Waals surface area contributed by atoms with Crippen LogP contribution < -0.4 is 10.2 Å². The predicted molar refractivity (Wildman–Crippen MR) is 102 cm³/mol. The van der Waals surface area contributed by atoms with Gasteiger partial charge < -0.3 is 15.1 Å². The number of anilines is 1. The van der Waals surface area contributed by atoms with Crippen molar-refractivity contribution in [2.24, 2.45) is 5.92 Å². The van der Waals surface area contributed by atoms with Crippen LogP contribution in [0.15, 0.2) is 18.2 Å². The molecule has 27 heavy (non-hydrogen) atoms. The van der Waals surface area contributed by atoms with E-state index in [0.29, 0.717) is 49.4 Å². The molecule has 1 saturated carbocycles. The molecule has 1 aromatic carbocycles. The normalized spacial score (nSPS) is 28.1. The van der Waals surface area contributed by atoms with Gasteiger partial charge in [0, 0.05) is 37.8 Å². The summed E-state index contributed by atoms with van der Waals surface area (Å²) >= 11 is 0. The van der Waals surface area contributed by atoms with Crippen molar-refractivity contribution in [1.82, 2.24) is 10.2 Å². The summed E-state index contributed by atoms with van der Waals surface area (Å²) < 4.78 is 14.4. The number of amides is 1. The minimum absolute atomic E-state index is 0.0452. The number of fused-ring (bicyclic) bond motifs is 1. The lowest BCUT2D eigenvalue weighted by molar-refractivity contribution is -0.133. The maximum atomic E-state index is 14.4. The van der Waals surface area contributed by atoms with Gasteiger partial charge in [-0.05, 0) is 50.3 Å². The number of carbonyl (C=O) groups is 2. The number of nitrogens with zero attached hydrogens (tertiary/aromatic N) is 2. The molecule has 0 aromatic heterocycles. The molecule has 1 N–H and O–H groups in total. The standard InChI is InChI=1S/C21H28FN3O2/c1-14(26)15-6-7-20(17(22)12-15)24-8-10-25(11-9-24)21(27)19-13-16-4-2-3-5-18(16)23-19/h6-7,12,16,18-19,23H,2-5,8-11,13H2,1H3. The number of benzene rings is 1. The van der Waals surface area contributed by atoms with Gasteiger partial charge in [-0.3, -0.25) is 9.59 Å². The summed E-state index contributed by atoms with van der Waals surface area (Å²) in [5, 5.41) is 3.56. The summed E-state index contributed by atoms with van der Waals surface area (Å²) in [5.41, 5.74) is 0.899. The van der Waals surface area contributed by atoms with Crippen LogP contribution >= 0.6 is 0 Å². The van der Waals surface area contributed by atoms with Crippen LogP contribution in [0.5, 0.6) is 0 Å². The summed E-state index contributed by atoms with van der Waals surface area (Å²) in [6.45, 7) is 3.88. The van der Waals surface area contributed by atoms with Crippen LogP contribution in [-0.2, 0) is 4.79 Å². The number of carbonyl (C=O) groups excluding carboxylic acids is 2. The number of hydrogen-bond acceptors (Lipinski definition) is 4. The van der Waals surface area contributed by atoms with Gasteiger partial charge >= 0.3 is 0 Å². The Morgan fingerprint density at radius 2 is 1.85 bits per heavy atom. The molecule has 2 heterocycles. The van der Waals surface area contributed by atoms with Crippen LogP contribution in [0.1, 0.15) is 49.4 Å². The van der Waals surface area contributed by atoms with Crippen molar-refractivity contribution in [3.63, 3.8) is 0 Å². The fourth-order valence-corrected chi connectivity index (χ4v) is 4.88. The largest absolute Gasteiger partial charge is 0.366 e. The van der Waals surface area contributed by atoms with Gasteiger partial charge in [-0.15, -0.1) is 0 Å². The quantitative estimate of drug-likeness (QED) is 0.828. The number of halogens is 1. The molecule has 0 radical (unpaired) electrons. The second kappa shape index (κ2) is 7.58. The summed E-state index contributed by atoms with van der Waals surface area (Å²) in [6, 6.07) is 5.12. The van der Waals surface area contributed by atoms with E-state index in [1.807, 2.05) is 9.80 Å². The Labute approximate surface area is 159 Å². The highest BCUT2D eigenvalue weighted by Gasteiger charge is 2.40. The molecule has 3 fully saturated rings. The smallest absolute Gasteiger partial charge is 0.239 e. The van der Waals surface area contributed by atoms with Crippen molar-refractivity contribution >= 4 is 17.4 Å². The molecule has 1 aromatic rings. The van der Waals surface area contributed by atoms with Gasteiger partial charge in [0.05, 0.1) is 11.7 Å². The van der Waals surface area contributed by atoms with Gasteiger partial charge in [0.2, 0.25) is 5.91 Å². The van der Waals surface area contributed by atoms with E-state index in [9.17, 15) is 14.0 Å². The van der Waals surface area contributed by atoms with Gasteiger partial charge in [-0.1, -0.05) is 12.8 Å². The third-order valence-electron chi connectivity index (χ3n) is 6.45. The number of piperazine rings is 1. The van der Waals surface area contributed by atoms with E-state index >= 15 is 0 Å². The molecule has 2 aliphatic heterocycles. The van der Waals surface area contributed by atoms with E-state index in [4.69, 9.17) is 0 Å². The molecule has 1 amide bonds. The highest BCUT2D eigenvalue weighted by atomic mass is 19.1. The van der Waals surface area contributed by atoms with Crippen LogP contribution in [0.3, 0.4) is 0 Å². The van der Waals surface area contributed by atoms with Crippen LogP contribution in [0.25, 0.3) is 0 Å². The number of Topliss-reactive ketones (excluding diaryl/α,β-unsaturated/α-hetero) is 1. The molecule has 6 heteroatoms. The summed E-state index contributed by atoms with van der Waals surface area (Å²) in [4.78, 5) is 28.2. The van der Waals surface area contributed by atoms with E-state index < -0.39 is 0 Å². The maximum Gasteiger partial charge on any atom is 0.239 e. The van der Waals surface area contributed by atoms with Gasteiger partial charge in [-0.25, -0.2) is 4.39 Å². The molecule has 4 rings (SSSR count). The summed E-state index contributed by atoms with van der Waals surface area (Å²) in [7, 11) is 0. The summed E-state index contributed by atoms with van der Waals surface area (Å²) in [5.74, 6) is 0.351. The number of hydrogen-bond donors (Lipinski definition) is 1. The number of nitrogens with one attached hydrogen (secondary N) is 1. The van der Waals surface area contributed by atoms with E-state index in [-0.39, 0.29) is 23.5 Å². The lowest BCUT2D eigenvalue weighted by Crippen LogP contribution is -2.53. The fourth-order valence-electron chi connectivity index (χ4n) is 4.88. The zero-order chi connectivity index (χ0) is 19.0. The molecular formula is C21H28FN3O2. The Hall–Kier alpha value is -1.95. The van der Waals surface area contributed by atoms with Crippen LogP contribution in [0.4, 0.5) is 10.1 Å². The van der Waals surface area contributed by atoms with Gasteiger partial charge in [-0.2, -0.15) is 0 Å². The molecule has 3 atom stereocenters. The second-order valence-corrected chi connectivity index (χ2v) is 8.14. The Morgan fingerprint density at radius 3 is 2.52 bits per heavy atom. The first kappa shape index (κ1) is 18.4. The van der Waals surface area contributed by atoms with Crippen molar-refractivity contribution in [3.05, 3.63) is 29.6 Å². The van der Waals surface area contributed by atoms with Crippen LogP contribution in [-0.4, -0.2) is 54.9 Å². The highest BCUT2D eigenvalue weighted by molar-refractivity contribution is 5.94. The minimum atomic E-state index is -0.371. The molecule has 146 valence electrons. The second-order valence-electron chi connectivity index (χ2n) is 8.14. The molecule has 1 aliphatic carbocycles. The first-order chi connectivity index (χ1) is 13.0. The van der Waals surface area contributed by atoms with E-state index in [1.54, 1.807) is 12.1 Å². The summed E-state index contributed by atoms with van der Waals surface area (Å²) in [6.07, 6.45) is 5.95. The molecule has 3 unspecified atom stereocenters. The maximum absolute atomic E-state index is 14.4. The van der Waals surface area contributed by atoms with Crippen LogP contribution in [0, 0.1) is 11.7 Å². The first-order valence-electron chi connectivity index (χ1n) is 10.1. The van der Waals surface area contributed by atoms with Gasteiger partial charge in [0.25, 0.3) is 0 Å². The SMILES string of the molecule is CC(=O)c1ccc(N2CCN(C(=O)C3CC4CCCCC4N3)CC2)c(F)c1. The minimum Gasteiger partial charge on any atom is -0.366 e. The highest BCUT2D eigenvalue weighted by Crippen LogP contribution is 2.34. The fraction of sp³-hybridized carbons (Fsp3) is 0.619. The van der Waals surface area contributed by atoms with E-state index in [1.165, 1.54) is 38.7 Å². The van der Waals surface area contributed by atoms with Crippen molar-refractivity contribution in [1.29, 1.82) is 0 Å². The monoisotopic (exact) mass is 373 g/mol.